The molecule has 0 unspecified atom stereocenters. The number of aromatic hydroxyl groups is 1. The lowest BCUT2D eigenvalue weighted by Crippen LogP contribution is -1.86. The quantitative estimate of drug-likeness (QED) is 0.856. The van der Waals surface area contributed by atoms with Crippen LogP contribution in [-0.4, -0.2) is 10.9 Å². The number of allylic oxidation sites excluding steroid dienone is 2. The summed E-state index contributed by atoms with van der Waals surface area (Å²) in [5, 5.41) is 9.13. The van der Waals surface area contributed by atoms with Crippen LogP contribution in [0.25, 0.3) is 12.2 Å². The van der Waals surface area contributed by atoms with E-state index in [4.69, 9.17) is 5.11 Å². The Hall–Kier alpha value is -2.68. The molecule has 0 saturated carbocycles. The zero-order valence-electron chi connectivity index (χ0n) is 10.7. The Kier molecular flexibility index (Phi) is 4.45. The maximum Gasteiger partial charge on any atom is 0.178 e. The molecule has 2 rings (SSSR count). The topological polar surface area (TPSA) is 37.3 Å². The first-order valence-electron chi connectivity index (χ1n) is 6.09. The Morgan fingerprint density at radius 1 is 0.950 bits per heavy atom. The molecule has 0 spiro atoms. The zero-order chi connectivity index (χ0) is 14.4. The minimum Gasteiger partial charge on any atom is -0.508 e. The largest absolute Gasteiger partial charge is 0.508 e. The second-order valence-corrected chi connectivity index (χ2v) is 4.18. The molecule has 2 nitrogen and oxygen atoms in total. The van der Waals surface area contributed by atoms with Crippen molar-refractivity contribution in [2.45, 2.75) is 0 Å². The van der Waals surface area contributed by atoms with E-state index in [2.05, 4.69) is 0 Å². The summed E-state index contributed by atoms with van der Waals surface area (Å²) < 4.78 is 13.3. The van der Waals surface area contributed by atoms with E-state index in [1.807, 2.05) is 0 Å². The molecule has 3 heteroatoms. The van der Waals surface area contributed by atoms with Crippen molar-refractivity contribution in [3.63, 3.8) is 0 Å². The van der Waals surface area contributed by atoms with Gasteiger partial charge >= 0.3 is 0 Å². The van der Waals surface area contributed by atoms with Gasteiger partial charge in [0.2, 0.25) is 0 Å². The molecule has 0 bridgehead atoms. The molecule has 0 amide bonds. The highest BCUT2D eigenvalue weighted by molar-refractivity contribution is 6.04. The van der Waals surface area contributed by atoms with Crippen LogP contribution in [0.3, 0.4) is 0 Å². The van der Waals surface area contributed by atoms with Crippen molar-refractivity contribution in [1.29, 1.82) is 0 Å². The van der Waals surface area contributed by atoms with E-state index in [1.165, 1.54) is 24.3 Å². The van der Waals surface area contributed by atoms with Gasteiger partial charge in [-0.25, -0.2) is 4.39 Å². The van der Waals surface area contributed by atoms with Crippen LogP contribution in [0.5, 0.6) is 5.75 Å². The number of benzene rings is 2. The van der Waals surface area contributed by atoms with Crippen molar-refractivity contribution < 1.29 is 14.3 Å². The number of phenolic OH excluding ortho intramolecular Hbond substituents is 1. The Bertz CT molecular complexity index is 655. The Morgan fingerprint density at radius 3 is 2.30 bits per heavy atom. The number of hydrogen-bond donors (Lipinski definition) is 1. The van der Waals surface area contributed by atoms with Crippen molar-refractivity contribution in [2.24, 2.45) is 0 Å². The second kappa shape index (κ2) is 6.48. The second-order valence-electron chi connectivity index (χ2n) is 4.18. The third kappa shape index (κ3) is 3.92. The molecule has 0 saturated heterocycles. The smallest absolute Gasteiger partial charge is 0.178 e. The number of hydrogen-bond acceptors (Lipinski definition) is 2. The predicted molar refractivity (Wildman–Crippen MR) is 77.6 cm³/mol. The van der Waals surface area contributed by atoms with Gasteiger partial charge in [-0.1, -0.05) is 36.4 Å². The summed E-state index contributed by atoms with van der Waals surface area (Å²) in [5.74, 6) is -0.423. The van der Waals surface area contributed by atoms with Gasteiger partial charge in [-0.2, -0.15) is 0 Å². The summed E-state index contributed by atoms with van der Waals surface area (Å²) in [7, 11) is 0. The minimum absolute atomic E-state index is 0.174. The van der Waals surface area contributed by atoms with E-state index in [9.17, 15) is 9.18 Å². The molecule has 100 valence electrons. The number of carbonyl (C=O) groups excluding carboxylic acids is 1. The maximum atomic E-state index is 13.3. The van der Waals surface area contributed by atoms with Crippen LogP contribution >= 0.6 is 0 Å². The van der Waals surface area contributed by atoms with Gasteiger partial charge in [0.25, 0.3) is 0 Å². The van der Waals surface area contributed by atoms with E-state index >= 15 is 0 Å². The van der Waals surface area contributed by atoms with E-state index in [0.717, 1.165) is 5.56 Å². The van der Waals surface area contributed by atoms with E-state index < -0.39 is 0 Å². The van der Waals surface area contributed by atoms with Gasteiger partial charge in [-0.3, -0.25) is 4.79 Å². The molecule has 0 aliphatic rings. The first-order valence-corrected chi connectivity index (χ1v) is 6.09. The Labute approximate surface area is 116 Å². The van der Waals surface area contributed by atoms with Gasteiger partial charge in [0.05, 0.1) is 0 Å². The first kappa shape index (κ1) is 13.7. The van der Waals surface area contributed by atoms with Crippen LogP contribution in [0.1, 0.15) is 11.1 Å². The third-order valence-electron chi connectivity index (χ3n) is 2.67. The summed E-state index contributed by atoms with van der Waals surface area (Å²) in [5.41, 5.74) is 1.18. The monoisotopic (exact) mass is 268 g/mol. The lowest BCUT2D eigenvalue weighted by molar-refractivity contribution is -0.110. The van der Waals surface area contributed by atoms with Crippen molar-refractivity contribution in [2.75, 3.05) is 0 Å². The summed E-state index contributed by atoms with van der Waals surface area (Å²) in [6.07, 6.45) is 5.78. The van der Waals surface area contributed by atoms with Crippen molar-refractivity contribution in [1.82, 2.24) is 0 Å². The van der Waals surface area contributed by atoms with Gasteiger partial charge in [0.15, 0.2) is 5.78 Å². The van der Waals surface area contributed by atoms with Gasteiger partial charge in [-0.15, -0.1) is 0 Å². The molecule has 0 aliphatic carbocycles. The number of carbonyl (C=O) groups is 1. The summed E-state index contributed by atoms with van der Waals surface area (Å²) in [6, 6.07) is 12.7. The number of phenols is 1. The lowest BCUT2D eigenvalue weighted by Gasteiger charge is -1.94. The van der Waals surface area contributed by atoms with Crippen molar-refractivity contribution >= 4 is 17.9 Å². The molecule has 0 atom stereocenters. The van der Waals surface area contributed by atoms with Gasteiger partial charge in [0.1, 0.15) is 11.6 Å². The van der Waals surface area contributed by atoms with Crippen LogP contribution < -0.4 is 0 Å². The predicted octanol–water partition coefficient (Wildman–Crippen LogP) is 3.83. The summed E-state index contributed by atoms with van der Waals surface area (Å²) >= 11 is 0. The van der Waals surface area contributed by atoms with Gasteiger partial charge < -0.3 is 5.11 Å². The number of ketones is 1. The highest BCUT2D eigenvalue weighted by Crippen LogP contribution is 2.11. The SMILES string of the molecule is O=C(/C=C/c1ccc(O)cc1)/C=C/c1ccccc1F. The highest BCUT2D eigenvalue weighted by atomic mass is 19.1. The molecule has 1 N–H and O–H groups in total. The molecule has 0 heterocycles. The van der Waals surface area contributed by atoms with Gasteiger partial charge in [-0.05, 0) is 42.0 Å². The standard InChI is InChI=1S/C17H13FO2/c18-17-4-2-1-3-14(17)8-12-16(20)11-7-13-5-9-15(19)10-6-13/h1-12,19H/b11-7+,12-8+. The Balaban J connectivity index is 2.02. The molecule has 2 aromatic carbocycles. The van der Waals surface area contributed by atoms with Crippen LogP contribution in [0.4, 0.5) is 4.39 Å². The average molecular weight is 268 g/mol. The zero-order valence-corrected chi connectivity index (χ0v) is 10.7. The molecule has 20 heavy (non-hydrogen) atoms. The lowest BCUT2D eigenvalue weighted by atomic mass is 10.1. The number of halogens is 1. The van der Waals surface area contributed by atoms with E-state index in [1.54, 1.807) is 48.5 Å². The van der Waals surface area contributed by atoms with Gasteiger partial charge in [0, 0.05) is 5.56 Å². The number of rotatable bonds is 4. The minimum atomic E-state index is -0.362. The van der Waals surface area contributed by atoms with Crippen LogP contribution in [-0.2, 0) is 4.79 Å². The van der Waals surface area contributed by atoms with Crippen molar-refractivity contribution in [3.05, 3.63) is 77.6 Å². The molecular weight excluding hydrogens is 255 g/mol. The Morgan fingerprint density at radius 2 is 1.60 bits per heavy atom. The molecule has 0 fully saturated rings. The van der Waals surface area contributed by atoms with Crippen LogP contribution in [0, 0.1) is 5.82 Å². The maximum absolute atomic E-state index is 13.3. The highest BCUT2D eigenvalue weighted by Gasteiger charge is 1.96. The molecule has 0 radical (unpaired) electrons. The summed E-state index contributed by atoms with van der Waals surface area (Å²) in [6.45, 7) is 0. The molecule has 0 aromatic heterocycles. The van der Waals surface area contributed by atoms with Crippen LogP contribution in [0.15, 0.2) is 60.7 Å². The van der Waals surface area contributed by atoms with Crippen molar-refractivity contribution in [3.8, 4) is 5.75 Å². The first-order chi connectivity index (χ1) is 9.65. The average Bonchev–Trinajstić information content (AvgIpc) is 2.46. The van der Waals surface area contributed by atoms with Crippen LogP contribution in [0.2, 0.25) is 0 Å². The molecule has 0 aliphatic heterocycles. The fourth-order valence-corrected chi connectivity index (χ4v) is 1.60. The third-order valence-corrected chi connectivity index (χ3v) is 2.67. The fourth-order valence-electron chi connectivity index (χ4n) is 1.60. The normalized spacial score (nSPS) is 11.2. The summed E-state index contributed by atoms with van der Waals surface area (Å²) in [4.78, 5) is 11.6. The molecular formula is C17H13FO2. The fraction of sp³-hybridized carbons (Fsp3) is 0. The van der Waals surface area contributed by atoms with E-state index in [0.29, 0.717) is 5.56 Å². The molecule has 2 aromatic rings. The van der Waals surface area contributed by atoms with E-state index in [-0.39, 0.29) is 17.3 Å².